The molecular weight excluding hydrogens is 394 g/mol. The van der Waals surface area contributed by atoms with Gasteiger partial charge in [-0.3, -0.25) is 20.4 Å². The van der Waals surface area contributed by atoms with Gasteiger partial charge in [0.1, 0.15) is 5.75 Å². The minimum atomic E-state index is -0.548. The van der Waals surface area contributed by atoms with Crippen LogP contribution in [0.3, 0.4) is 0 Å². The standard InChI is InChI=1S/C20H20ClN5O3/c1-14-12-15(21)9-10-18(14)29-11-5-8-19(27)23-24-20(28)17-13-22-26(25-17)16-6-3-2-4-7-16/h2-4,6-7,9-10,12-13H,5,8,11H2,1H3,(H,23,27)(H,24,28). The molecular formula is C20H20ClN5O3. The lowest BCUT2D eigenvalue weighted by Gasteiger charge is -2.09. The molecule has 8 nitrogen and oxygen atoms in total. The number of carbonyl (C=O) groups is 2. The van der Waals surface area contributed by atoms with Gasteiger partial charge in [-0.15, -0.1) is 5.10 Å². The number of hydrogen-bond donors (Lipinski definition) is 2. The normalized spacial score (nSPS) is 10.4. The van der Waals surface area contributed by atoms with Gasteiger partial charge in [0.15, 0.2) is 5.69 Å². The zero-order valence-electron chi connectivity index (χ0n) is 15.8. The molecule has 0 aliphatic carbocycles. The number of halogens is 1. The van der Waals surface area contributed by atoms with Gasteiger partial charge in [-0.05, 0) is 49.2 Å². The average Bonchev–Trinajstić information content (AvgIpc) is 3.22. The predicted octanol–water partition coefficient (Wildman–Crippen LogP) is 2.85. The fraction of sp³-hybridized carbons (Fsp3) is 0.200. The maximum Gasteiger partial charge on any atom is 0.291 e. The van der Waals surface area contributed by atoms with E-state index < -0.39 is 5.91 Å². The molecule has 9 heteroatoms. The maximum absolute atomic E-state index is 12.1. The summed E-state index contributed by atoms with van der Waals surface area (Å²) in [7, 11) is 0. The van der Waals surface area contributed by atoms with Crippen molar-refractivity contribution in [1.29, 1.82) is 0 Å². The maximum atomic E-state index is 12.1. The number of ether oxygens (including phenoxy) is 1. The van der Waals surface area contributed by atoms with Gasteiger partial charge in [0.2, 0.25) is 5.91 Å². The van der Waals surface area contributed by atoms with Crippen molar-refractivity contribution in [3.63, 3.8) is 0 Å². The number of nitrogens with one attached hydrogen (secondary N) is 2. The molecule has 2 N–H and O–H groups in total. The molecule has 0 saturated heterocycles. The second kappa shape index (κ2) is 9.70. The van der Waals surface area contributed by atoms with Crippen molar-refractivity contribution in [2.75, 3.05) is 6.61 Å². The molecule has 0 unspecified atom stereocenters. The molecule has 0 aliphatic heterocycles. The minimum Gasteiger partial charge on any atom is -0.493 e. The second-order valence-corrected chi connectivity index (χ2v) is 6.66. The van der Waals surface area contributed by atoms with Crippen molar-refractivity contribution >= 4 is 23.4 Å². The zero-order chi connectivity index (χ0) is 20.6. The second-order valence-electron chi connectivity index (χ2n) is 6.22. The number of para-hydroxylation sites is 1. The van der Waals surface area contributed by atoms with E-state index in [1.807, 2.05) is 43.3 Å². The average molecular weight is 414 g/mol. The highest BCUT2D eigenvalue weighted by atomic mass is 35.5. The Morgan fingerprint density at radius 2 is 1.93 bits per heavy atom. The molecule has 0 radical (unpaired) electrons. The van der Waals surface area contributed by atoms with E-state index in [2.05, 4.69) is 21.0 Å². The summed E-state index contributed by atoms with van der Waals surface area (Å²) in [4.78, 5) is 25.3. The summed E-state index contributed by atoms with van der Waals surface area (Å²) in [6.45, 7) is 2.27. The van der Waals surface area contributed by atoms with E-state index in [0.29, 0.717) is 18.1 Å². The summed E-state index contributed by atoms with van der Waals surface area (Å²) >= 11 is 5.90. The Bertz CT molecular complexity index is 991. The fourth-order valence-corrected chi connectivity index (χ4v) is 2.72. The Morgan fingerprint density at radius 1 is 1.14 bits per heavy atom. The number of rotatable bonds is 7. The van der Waals surface area contributed by atoms with Crippen molar-refractivity contribution in [3.05, 3.63) is 71.0 Å². The molecule has 0 saturated carbocycles. The Morgan fingerprint density at radius 3 is 2.69 bits per heavy atom. The van der Waals surface area contributed by atoms with Crippen molar-refractivity contribution in [2.45, 2.75) is 19.8 Å². The Kier molecular flexibility index (Phi) is 6.80. The number of benzene rings is 2. The quantitative estimate of drug-likeness (QED) is 0.458. The van der Waals surface area contributed by atoms with E-state index in [1.165, 1.54) is 11.0 Å². The van der Waals surface area contributed by atoms with Crippen LogP contribution >= 0.6 is 11.6 Å². The van der Waals surface area contributed by atoms with Crippen LogP contribution in [-0.2, 0) is 4.79 Å². The van der Waals surface area contributed by atoms with Crippen LogP contribution in [0.2, 0.25) is 5.02 Å². The first-order valence-corrected chi connectivity index (χ1v) is 9.36. The number of carbonyl (C=O) groups excluding carboxylic acids is 2. The topological polar surface area (TPSA) is 98.1 Å². The molecule has 0 aliphatic rings. The largest absolute Gasteiger partial charge is 0.493 e. The van der Waals surface area contributed by atoms with Gasteiger partial charge in [-0.25, -0.2) is 0 Å². The SMILES string of the molecule is Cc1cc(Cl)ccc1OCCCC(=O)NNC(=O)c1cnn(-c2ccccc2)n1. The van der Waals surface area contributed by atoms with Crippen LogP contribution in [0, 0.1) is 6.92 Å². The van der Waals surface area contributed by atoms with E-state index in [1.54, 1.807) is 12.1 Å². The lowest BCUT2D eigenvalue weighted by molar-refractivity contribution is -0.122. The smallest absolute Gasteiger partial charge is 0.291 e. The van der Waals surface area contributed by atoms with Crippen molar-refractivity contribution < 1.29 is 14.3 Å². The molecule has 29 heavy (non-hydrogen) atoms. The van der Waals surface area contributed by atoms with Crippen LogP contribution in [0.15, 0.2) is 54.7 Å². The summed E-state index contributed by atoms with van der Waals surface area (Å²) in [5.41, 5.74) is 6.44. The van der Waals surface area contributed by atoms with Crippen LogP contribution < -0.4 is 15.6 Å². The molecule has 0 bridgehead atoms. The molecule has 1 heterocycles. The van der Waals surface area contributed by atoms with Crippen LogP contribution in [-0.4, -0.2) is 33.4 Å². The number of hydrogen-bond acceptors (Lipinski definition) is 5. The minimum absolute atomic E-state index is 0.0932. The van der Waals surface area contributed by atoms with Gasteiger partial charge in [0.05, 0.1) is 18.5 Å². The predicted molar refractivity (Wildman–Crippen MR) is 108 cm³/mol. The van der Waals surface area contributed by atoms with Crippen molar-refractivity contribution in [3.8, 4) is 11.4 Å². The molecule has 0 atom stereocenters. The van der Waals surface area contributed by atoms with Gasteiger partial charge < -0.3 is 4.74 Å². The molecule has 1 aromatic heterocycles. The lowest BCUT2D eigenvalue weighted by atomic mass is 10.2. The fourth-order valence-electron chi connectivity index (χ4n) is 2.50. The van der Waals surface area contributed by atoms with E-state index in [0.717, 1.165) is 17.0 Å². The van der Waals surface area contributed by atoms with Crippen molar-refractivity contribution in [1.82, 2.24) is 25.8 Å². The summed E-state index contributed by atoms with van der Waals surface area (Å²) in [6, 6.07) is 14.5. The number of aromatic nitrogens is 3. The van der Waals surface area contributed by atoms with Gasteiger partial charge in [-0.1, -0.05) is 29.8 Å². The van der Waals surface area contributed by atoms with Gasteiger partial charge >= 0.3 is 0 Å². The lowest BCUT2D eigenvalue weighted by Crippen LogP contribution is -2.41. The third-order valence-electron chi connectivity index (χ3n) is 3.97. The van der Waals surface area contributed by atoms with Gasteiger partial charge in [0.25, 0.3) is 5.91 Å². The summed E-state index contributed by atoms with van der Waals surface area (Å²) < 4.78 is 5.63. The Labute approximate surface area is 172 Å². The number of nitrogens with zero attached hydrogens (tertiary/aromatic N) is 3. The molecule has 3 aromatic rings. The van der Waals surface area contributed by atoms with Gasteiger partial charge in [0, 0.05) is 11.4 Å². The molecule has 2 amide bonds. The molecule has 2 aromatic carbocycles. The molecule has 0 spiro atoms. The Hall–Kier alpha value is -3.39. The highest BCUT2D eigenvalue weighted by molar-refractivity contribution is 6.30. The van der Waals surface area contributed by atoms with E-state index in [4.69, 9.17) is 16.3 Å². The highest BCUT2D eigenvalue weighted by Gasteiger charge is 2.12. The number of hydrazine groups is 1. The number of aryl methyl sites for hydroxylation is 1. The van der Waals surface area contributed by atoms with E-state index in [9.17, 15) is 9.59 Å². The third kappa shape index (κ3) is 5.79. The first kappa shape index (κ1) is 20.3. The van der Waals surface area contributed by atoms with Crippen LogP contribution in [0.25, 0.3) is 5.69 Å². The monoisotopic (exact) mass is 413 g/mol. The summed E-state index contributed by atoms with van der Waals surface area (Å²) in [5.74, 6) is -0.150. The van der Waals surface area contributed by atoms with Crippen LogP contribution in [0.4, 0.5) is 0 Å². The molecule has 3 rings (SSSR count). The number of amides is 2. The van der Waals surface area contributed by atoms with E-state index in [-0.39, 0.29) is 18.0 Å². The van der Waals surface area contributed by atoms with E-state index >= 15 is 0 Å². The van der Waals surface area contributed by atoms with Crippen molar-refractivity contribution in [2.24, 2.45) is 0 Å². The molecule has 150 valence electrons. The Balaban J connectivity index is 1.39. The summed E-state index contributed by atoms with van der Waals surface area (Å²) in [6.07, 6.45) is 2.02. The highest BCUT2D eigenvalue weighted by Crippen LogP contribution is 2.21. The van der Waals surface area contributed by atoms with Gasteiger partial charge in [-0.2, -0.15) is 9.90 Å². The zero-order valence-corrected chi connectivity index (χ0v) is 16.5. The molecule has 0 fully saturated rings. The van der Waals surface area contributed by atoms with Crippen LogP contribution in [0.1, 0.15) is 28.9 Å². The van der Waals surface area contributed by atoms with Crippen LogP contribution in [0.5, 0.6) is 5.75 Å². The first-order chi connectivity index (χ1) is 14.0. The third-order valence-corrected chi connectivity index (χ3v) is 4.20. The summed E-state index contributed by atoms with van der Waals surface area (Å²) in [5, 5.41) is 8.79. The first-order valence-electron chi connectivity index (χ1n) is 8.99.